The Bertz CT molecular complexity index is 526. The van der Waals surface area contributed by atoms with Crippen LogP contribution in [0.4, 0.5) is 5.95 Å². The molecular weight excluding hydrogens is 230 g/mol. The Morgan fingerprint density at radius 1 is 1.11 bits per heavy atom. The number of ether oxygens (including phenoxy) is 1. The molecule has 0 aliphatic heterocycles. The van der Waals surface area contributed by atoms with E-state index < -0.39 is 0 Å². The predicted octanol–water partition coefficient (Wildman–Crippen LogP) is 1.50. The smallest absolute Gasteiger partial charge is 0.226 e. The first kappa shape index (κ1) is 12.2. The van der Waals surface area contributed by atoms with Crippen molar-refractivity contribution in [2.45, 2.75) is 20.4 Å². The fourth-order valence-electron chi connectivity index (χ4n) is 1.40. The summed E-state index contributed by atoms with van der Waals surface area (Å²) in [7, 11) is 1.58. The lowest BCUT2D eigenvalue weighted by Crippen LogP contribution is -2.07. The van der Waals surface area contributed by atoms with Crippen molar-refractivity contribution in [1.29, 1.82) is 0 Å². The molecule has 0 saturated heterocycles. The molecule has 0 aromatic carbocycles. The third-order valence-electron chi connectivity index (χ3n) is 2.30. The highest BCUT2D eigenvalue weighted by atomic mass is 16.5. The Morgan fingerprint density at radius 3 is 2.61 bits per heavy atom. The number of nitrogens with one attached hydrogen (secondary N) is 1. The number of hydrogen-bond donors (Lipinski definition) is 1. The van der Waals surface area contributed by atoms with Crippen molar-refractivity contribution >= 4 is 5.95 Å². The Labute approximate surface area is 105 Å². The van der Waals surface area contributed by atoms with Crippen LogP contribution in [-0.2, 0) is 6.54 Å². The van der Waals surface area contributed by atoms with Crippen LogP contribution in [-0.4, -0.2) is 27.0 Å². The average Bonchev–Trinajstić information content (AvgIpc) is 2.37. The first-order valence-corrected chi connectivity index (χ1v) is 5.58. The maximum atomic E-state index is 5.08. The van der Waals surface area contributed by atoms with Crippen molar-refractivity contribution in [3.63, 3.8) is 0 Å². The van der Waals surface area contributed by atoms with Gasteiger partial charge in [0.05, 0.1) is 31.2 Å². The van der Waals surface area contributed by atoms with E-state index in [0.29, 0.717) is 18.4 Å². The van der Waals surface area contributed by atoms with E-state index in [1.54, 1.807) is 25.6 Å². The lowest BCUT2D eigenvalue weighted by molar-refractivity contribution is 0.397. The second-order valence-electron chi connectivity index (χ2n) is 3.88. The lowest BCUT2D eigenvalue weighted by Gasteiger charge is -2.07. The van der Waals surface area contributed by atoms with E-state index in [9.17, 15) is 0 Å². The summed E-state index contributed by atoms with van der Waals surface area (Å²) in [6.07, 6.45) is 3.46. The molecule has 0 amide bonds. The highest BCUT2D eigenvalue weighted by molar-refractivity contribution is 5.31. The van der Waals surface area contributed by atoms with Gasteiger partial charge < -0.3 is 10.1 Å². The van der Waals surface area contributed by atoms with Gasteiger partial charge in [0, 0.05) is 18.0 Å². The minimum atomic E-state index is 0.522. The quantitative estimate of drug-likeness (QED) is 0.880. The average molecular weight is 245 g/mol. The summed E-state index contributed by atoms with van der Waals surface area (Å²) < 4.78 is 5.08. The van der Waals surface area contributed by atoms with E-state index in [1.165, 1.54) is 0 Å². The number of aromatic nitrogens is 4. The van der Waals surface area contributed by atoms with Gasteiger partial charge in [-0.2, -0.15) is 4.98 Å². The Kier molecular flexibility index (Phi) is 3.66. The SMILES string of the molecule is COc1cc(C)nc(NCc2cnc(C)cn2)n1. The first-order valence-electron chi connectivity index (χ1n) is 5.58. The van der Waals surface area contributed by atoms with Gasteiger partial charge in [0.1, 0.15) is 0 Å². The Hall–Kier alpha value is -2.24. The summed E-state index contributed by atoms with van der Waals surface area (Å²) in [6, 6.07) is 1.77. The first-order chi connectivity index (χ1) is 8.67. The van der Waals surface area contributed by atoms with Crippen molar-refractivity contribution in [3.05, 3.63) is 35.5 Å². The van der Waals surface area contributed by atoms with Gasteiger partial charge in [0.25, 0.3) is 0 Å². The molecule has 2 rings (SSSR count). The molecule has 0 saturated carbocycles. The van der Waals surface area contributed by atoms with Gasteiger partial charge >= 0.3 is 0 Å². The number of hydrogen-bond acceptors (Lipinski definition) is 6. The van der Waals surface area contributed by atoms with Crippen LogP contribution < -0.4 is 10.1 Å². The molecule has 2 aromatic rings. The van der Waals surface area contributed by atoms with Gasteiger partial charge in [-0.1, -0.05) is 0 Å². The summed E-state index contributed by atoms with van der Waals surface area (Å²) in [5.74, 6) is 1.06. The lowest BCUT2D eigenvalue weighted by atomic mass is 10.4. The van der Waals surface area contributed by atoms with Gasteiger partial charge in [-0.3, -0.25) is 9.97 Å². The van der Waals surface area contributed by atoms with Gasteiger partial charge in [-0.05, 0) is 13.8 Å². The summed E-state index contributed by atoms with van der Waals surface area (Å²) in [5.41, 5.74) is 2.58. The highest BCUT2D eigenvalue weighted by Gasteiger charge is 2.02. The highest BCUT2D eigenvalue weighted by Crippen LogP contribution is 2.11. The normalized spacial score (nSPS) is 10.2. The zero-order chi connectivity index (χ0) is 13.0. The van der Waals surface area contributed by atoms with Crippen LogP contribution in [0.1, 0.15) is 17.1 Å². The van der Waals surface area contributed by atoms with E-state index in [2.05, 4.69) is 25.3 Å². The zero-order valence-corrected chi connectivity index (χ0v) is 10.6. The van der Waals surface area contributed by atoms with Crippen molar-refractivity contribution in [2.75, 3.05) is 12.4 Å². The molecule has 2 heterocycles. The van der Waals surface area contributed by atoms with Gasteiger partial charge in [0.15, 0.2) is 0 Å². The van der Waals surface area contributed by atoms with Crippen LogP contribution in [0.25, 0.3) is 0 Å². The largest absolute Gasteiger partial charge is 0.481 e. The summed E-state index contributed by atoms with van der Waals surface area (Å²) >= 11 is 0. The maximum Gasteiger partial charge on any atom is 0.226 e. The molecule has 1 N–H and O–H groups in total. The van der Waals surface area contributed by atoms with Crippen molar-refractivity contribution in [2.24, 2.45) is 0 Å². The van der Waals surface area contributed by atoms with Crippen LogP contribution in [0.3, 0.4) is 0 Å². The maximum absolute atomic E-state index is 5.08. The molecule has 0 aliphatic rings. The summed E-state index contributed by atoms with van der Waals surface area (Å²) in [4.78, 5) is 16.9. The zero-order valence-electron chi connectivity index (χ0n) is 10.6. The van der Waals surface area contributed by atoms with Crippen molar-refractivity contribution in [1.82, 2.24) is 19.9 Å². The van der Waals surface area contributed by atoms with Crippen LogP contribution in [0.15, 0.2) is 18.5 Å². The van der Waals surface area contributed by atoms with Crippen molar-refractivity contribution in [3.8, 4) is 5.88 Å². The van der Waals surface area contributed by atoms with E-state index >= 15 is 0 Å². The van der Waals surface area contributed by atoms with Crippen LogP contribution in [0, 0.1) is 13.8 Å². The minimum absolute atomic E-state index is 0.522. The van der Waals surface area contributed by atoms with Gasteiger partial charge in [-0.25, -0.2) is 4.98 Å². The molecule has 0 radical (unpaired) electrons. The van der Waals surface area contributed by atoms with Crippen molar-refractivity contribution < 1.29 is 4.74 Å². The molecule has 0 fully saturated rings. The van der Waals surface area contributed by atoms with E-state index in [-0.39, 0.29) is 0 Å². The van der Waals surface area contributed by atoms with E-state index in [1.807, 2.05) is 13.8 Å². The van der Waals surface area contributed by atoms with Crippen LogP contribution in [0.2, 0.25) is 0 Å². The second-order valence-corrected chi connectivity index (χ2v) is 3.88. The topological polar surface area (TPSA) is 72.8 Å². The van der Waals surface area contributed by atoms with Gasteiger partial charge in [-0.15, -0.1) is 0 Å². The molecule has 0 atom stereocenters. The molecule has 6 heteroatoms. The fourth-order valence-corrected chi connectivity index (χ4v) is 1.40. The Morgan fingerprint density at radius 2 is 1.94 bits per heavy atom. The summed E-state index contributed by atoms with van der Waals surface area (Å²) in [5, 5.41) is 3.09. The third kappa shape index (κ3) is 3.13. The monoisotopic (exact) mass is 245 g/mol. The molecule has 18 heavy (non-hydrogen) atoms. The molecular formula is C12H15N5O. The third-order valence-corrected chi connectivity index (χ3v) is 2.30. The van der Waals surface area contributed by atoms with E-state index in [0.717, 1.165) is 17.1 Å². The van der Waals surface area contributed by atoms with Gasteiger partial charge in [0.2, 0.25) is 11.8 Å². The molecule has 94 valence electrons. The molecule has 0 aliphatic carbocycles. The number of nitrogens with zero attached hydrogens (tertiary/aromatic N) is 4. The number of methoxy groups -OCH3 is 1. The van der Waals surface area contributed by atoms with E-state index in [4.69, 9.17) is 4.74 Å². The number of aryl methyl sites for hydroxylation is 2. The van der Waals surface area contributed by atoms with Crippen LogP contribution >= 0.6 is 0 Å². The predicted molar refractivity (Wildman–Crippen MR) is 67.4 cm³/mol. The molecule has 2 aromatic heterocycles. The van der Waals surface area contributed by atoms with Crippen LogP contribution in [0.5, 0.6) is 5.88 Å². The number of anilines is 1. The Balaban J connectivity index is 2.05. The molecule has 0 bridgehead atoms. The fraction of sp³-hybridized carbons (Fsp3) is 0.333. The standard InChI is InChI=1S/C12H15N5O/c1-8-4-11(18-3)17-12(16-8)15-7-10-6-13-9(2)5-14-10/h4-6H,7H2,1-3H3,(H,15,16,17). The molecule has 0 unspecified atom stereocenters. The summed E-state index contributed by atoms with van der Waals surface area (Å²) in [6.45, 7) is 4.32. The second kappa shape index (κ2) is 5.39. The molecule has 0 spiro atoms. The minimum Gasteiger partial charge on any atom is -0.481 e. The number of rotatable bonds is 4. The molecule has 6 nitrogen and oxygen atoms in total.